The van der Waals surface area contributed by atoms with Crippen molar-refractivity contribution in [3.8, 4) is 0 Å². The molecule has 2 amide bonds. The topological polar surface area (TPSA) is 61.4 Å². The van der Waals surface area contributed by atoms with Gasteiger partial charge in [-0.15, -0.1) is 0 Å². The maximum atomic E-state index is 11.9. The van der Waals surface area contributed by atoms with E-state index in [1.807, 2.05) is 24.3 Å². The number of carbonyl (C=O) groups excluding carboxylic acids is 2. The van der Waals surface area contributed by atoms with E-state index in [-0.39, 0.29) is 24.3 Å². The number of hydrogen-bond acceptors (Lipinski definition) is 3. The minimum absolute atomic E-state index is 0.122. The molecule has 0 radical (unpaired) electrons. The number of hydrogen-bond donors (Lipinski definition) is 2. The standard InChI is InChI=1S/C21H23N3O2/c25-20(13-21(26)23-18-9-10-18)22-17-7-5-15(6-8-17)14-24-12-11-16-3-1-2-4-19(16)24/h1-8,18H,9-14H2,(H,22,25)(H,23,26). The summed E-state index contributed by atoms with van der Waals surface area (Å²) < 4.78 is 0. The maximum absolute atomic E-state index is 11.9. The largest absolute Gasteiger partial charge is 0.367 e. The average Bonchev–Trinajstić information content (AvgIpc) is 3.35. The van der Waals surface area contributed by atoms with Crippen LogP contribution in [0.1, 0.15) is 30.4 Å². The van der Waals surface area contributed by atoms with E-state index in [9.17, 15) is 9.59 Å². The molecule has 1 saturated carbocycles. The van der Waals surface area contributed by atoms with Crippen molar-refractivity contribution in [2.45, 2.75) is 38.3 Å². The Balaban J connectivity index is 1.31. The van der Waals surface area contributed by atoms with E-state index >= 15 is 0 Å². The Morgan fingerprint density at radius 1 is 1.00 bits per heavy atom. The van der Waals surface area contributed by atoms with Gasteiger partial charge in [-0.3, -0.25) is 9.59 Å². The van der Waals surface area contributed by atoms with Gasteiger partial charge in [0.05, 0.1) is 0 Å². The molecule has 5 heteroatoms. The Kier molecular flexibility index (Phi) is 4.61. The number of carbonyl (C=O) groups is 2. The van der Waals surface area contributed by atoms with Crippen molar-refractivity contribution in [1.82, 2.24) is 5.32 Å². The van der Waals surface area contributed by atoms with Crippen LogP contribution in [0.25, 0.3) is 0 Å². The maximum Gasteiger partial charge on any atom is 0.233 e. The second-order valence-corrected chi connectivity index (χ2v) is 7.06. The molecule has 2 aliphatic rings. The molecule has 0 unspecified atom stereocenters. The van der Waals surface area contributed by atoms with Crippen molar-refractivity contribution in [1.29, 1.82) is 0 Å². The average molecular weight is 349 g/mol. The second-order valence-electron chi connectivity index (χ2n) is 7.06. The predicted molar refractivity (Wildman–Crippen MR) is 102 cm³/mol. The summed E-state index contributed by atoms with van der Waals surface area (Å²) in [7, 11) is 0. The number of benzene rings is 2. The zero-order valence-electron chi connectivity index (χ0n) is 14.7. The Labute approximate surface area is 153 Å². The summed E-state index contributed by atoms with van der Waals surface area (Å²) in [5.74, 6) is -0.473. The third kappa shape index (κ3) is 4.04. The molecule has 2 aromatic rings. The summed E-state index contributed by atoms with van der Waals surface area (Å²) >= 11 is 0. The van der Waals surface area contributed by atoms with Crippen LogP contribution in [0, 0.1) is 0 Å². The fraction of sp³-hybridized carbons (Fsp3) is 0.333. The Bertz CT molecular complexity index is 812. The zero-order valence-corrected chi connectivity index (χ0v) is 14.7. The van der Waals surface area contributed by atoms with E-state index in [0.29, 0.717) is 0 Å². The number of fused-ring (bicyclic) bond motifs is 1. The molecule has 1 aliphatic carbocycles. The molecule has 1 aliphatic heterocycles. The number of rotatable bonds is 6. The van der Waals surface area contributed by atoms with Crippen LogP contribution < -0.4 is 15.5 Å². The molecule has 26 heavy (non-hydrogen) atoms. The summed E-state index contributed by atoms with van der Waals surface area (Å²) in [5, 5.41) is 5.61. The van der Waals surface area contributed by atoms with Crippen molar-refractivity contribution in [2.24, 2.45) is 0 Å². The van der Waals surface area contributed by atoms with E-state index < -0.39 is 0 Å². The van der Waals surface area contributed by atoms with Crippen LogP contribution in [-0.2, 0) is 22.6 Å². The highest BCUT2D eigenvalue weighted by Crippen LogP contribution is 2.29. The number of nitrogens with one attached hydrogen (secondary N) is 2. The van der Waals surface area contributed by atoms with Crippen molar-refractivity contribution in [3.05, 3.63) is 59.7 Å². The fourth-order valence-corrected chi connectivity index (χ4v) is 3.34. The lowest BCUT2D eigenvalue weighted by Crippen LogP contribution is -2.29. The number of amides is 2. The van der Waals surface area contributed by atoms with Crippen LogP contribution in [0.2, 0.25) is 0 Å². The number of anilines is 2. The molecule has 2 N–H and O–H groups in total. The molecule has 0 aromatic heterocycles. The summed E-state index contributed by atoms with van der Waals surface area (Å²) in [6.07, 6.45) is 3.02. The van der Waals surface area contributed by atoms with Crippen molar-refractivity contribution >= 4 is 23.2 Å². The summed E-state index contributed by atoms with van der Waals surface area (Å²) in [4.78, 5) is 26.0. The quantitative estimate of drug-likeness (QED) is 0.789. The van der Waals surface area contributed by atoms with Gasteiger partial charge in [0.25, 0.3) is 0 Å². The molecule has 0 saturated heterocycles. The highest BCUT2D eigenvalue weighted by atomic mass is 16.2. The molecule has 1 fully saturated rings. The Morgan fingerprint density at radius 2 is 1.77 bits per heavy atom. The van der Waals surface area contributed by atoms with Crippen molar-refractivity contribution < 1.29 is 9.59 Å². The lowest BCUT2D eigenvalue weighted by Gasteiger charge is -2.19. The van der Waals surface area contributed by atoms with Gasteiger partial charge in [-0.2, -0.15) is 0 Å². The Morgan fingerprint density at radius 3 is 2.54 bits per heavy atom. The molecule has 4 rings (SSSR count). The minimum atomic E-state index is -0.274. The van der Waals surface area contributed by atoms with E-state index in [4.69, 9.17) is 0 Å². The van der Waals surface area contributed by atoms with Crippen LogP contribution in [0.4, 0.5) is 11.4 Å². The van der Waals surface area contributed by atoms with Gasteiger partial charge in [-0.1, -0.05) is 30.3 Å². The number of para-hydroxylation sites is 1. The SMILES string of the molecule is O=C(CC(=O)NC1CC1)Nc1ccc(CN2CCc3ccccc32)cc1. The normalized spacial score (nSPS) is 15.5. The lowest BCUT2D eigenvalue weighted by atomic mass is 10.1. The number of nitrogens with zero attached hydrogens (tertiary/aromatic N) is 1. The van der Waals surface area contributed by atoms with Gasteiger partial charge in [-0.25, -0.2) is 0 Å². The van der Waals surface area contributed by atoms with E-state index in [0.717, 1.165) is 38.0 Å². The first-order valence-electron chi connectivity index (χ1n) is 9.18. The van der Waals surface area contributed by atoms with Crippen LogP contribution in [0.15, 0.2) is 48.5 Å². The molecular formula is C21H23N3O2. The molecule has 1 heterocycles. The van der Waals surface area contributed by atoms with E-state index in [2.05, 4.69) is 39.8 Å². The lowest BCUT2D eigenvalue weighted by molar-refractivity contribution is -0.126. The van der Waals surface area contributed by atoms with Gasteiger partial charge in [0.2, 0.25) is 11.8 Å². The molecule has 0 atom stereocenters. The molecule has 5 nitrogen and oxygen atoms in total. The predicted octanol–water partition coefficient (Wildman–Crippen LogP) is 2.86. The van der Waals surface area contributed by atoms with E-state index in [1.165, 1.54) is 16.8 Å². The highest BCUT2D eigenvalue weighted by molar-refractivity contribution is 6.03. The molecular weight excluding hydrogens is 326 g/mol. The monoisotopic (exact) mass is 349 g/mol. The van der Waals surface area contributed by atoms with Crippen LogP contribution in [0.3, 0.4) is 0 Å². The third-order valence-electron chi connectivity index (χ3n) is 4.86. The fourth-order valence-electron chi connectivity index (χ4n) is 3.34. The van der Waals surface area contributed by atoms with Gasteiger partial charge >= 0.3 is 0 Å². The molecule has 0 spiro atoms. The molecule has 0 bridgehead atoms. The summed E-state index contributed by atoms with van der Waals surface area (Å²) in [5.41, 5.74) is 4.64. The van der Waals surface area contributed by atoms with Crippen molar-refractivity contribution in [2.75, 3.05) is 16.8 Å². The smallest absolute Gasteiger partial charge is 0.233 e. The van der Waals surface area contributed by atoms with Gasteiger partial charge in [0.15, 0.2) is 0 Å². The van der Waals surface area contributed by atoms with Crippen LogP contribution in [-0.4, -0.2) is 24.4 Å². The summed E-state index contributed by atoms with van der Waals surface area (Å²) in [6.45, 7) is 1.89. The first-order chi connectivity index (χ1) is 12.7. The van der Waals surface area contributed by atoms with Crippen molar-refractivity contribution in [3.63, 3.8) is 0 Å². The zero-order chi connectivity index (χ0) is 17.9. The summed E-state index contributed by atoms with van der Waals surface area (Å²) in [6, 6.07) is 16.7. The molecule has 134 valence electrons. The first-order valence-corrected chi connectivity index (χ1v) is 9.18. The van der Waals surface area contributed by atoms with E-state index in [1.54, 1.807) is 0 Å². The van der Waals surface area contributed by atoms with Gasteiger partial charge in [-0.05, 0) is 48.6 Å². The highest BCUT2D eigenvalue weighted by Gasteiger charge is 2.24. The van der Waals surface area contributed by atoms with Gasteiger partial charge in [0, 0.05) is 30.5 Å². The first kappa shape index (κ1) is 16.6. The molecule has 2 aromatic carbocycles. The van der Waals surface area contributed by atoms with Gasteiger partial charge in [0.1, 0.15) is 6.42 Å². The van der Waals surface area contributed by atoms with Gasteiger partial charge < -0.3 is 15.5 Å². The minimum Gasteiger partial charge on any atom is -0.367 e. The Hall–Kier alpha value is -2.82. The third-order valence-corrected chi connectivity index (χ3v) is 4.86. The second kappa shape index (κ2) is 7.20. The van der Waals surface area contributed by atoms with Crippen LogP contribution in [0.5, 0.6) is 0 Å². The van der Waals surface area contributed by atoms with Crippen LogP contribution >= 0.6 is 0 Å².